The Morgan fingerprint density at radius 1 is 1.47 bits per heavy atom. The topological polar surface area (TPSA) is 75.4 Å². The lowest BCUT2D eigenvalue weighted by molar-refractivity contribution is -0.139. The Bertz CT molecular complexity index is 298. The Morgan fingerprint density at radius 3 is 2.53 bits per heavy atom. The van der Waals surface area contributed by atoms with Gasteiger partial charge in [-0.05, 0) is 32.1 Å². The molecule has 2 amide bonds. The number of carbonyl (C=O) groups is 2. The average Bonchev–Trinajstić information content (AvgIpc) is 3.08. The Kier molecular flexibility index (Phi) is 4.51. The van der Waals surface area contributed by atoms with Crippen LogP contribution in [0.25, 0.3) is 0 Å². The third-order valence-electron chi connectivity index (χ3n) is 3.19. The molecule has 5 heteroatoms. The molecule has 1 saturated carbocycles. The van der Waals surface area contributed by atoms with Gasteiger partial charge in [-0.2, -0.15) is 0 Å². The molecule has 0 aromatic carbocycles. The van der Waals surface area contributed by atoms with Crippen LogP contribution in [0.5, 0.6) is 0 Å². The fraction of sp³-hybridized carbons (Fsp3) is 0.833. The summed E-state index contributed by atoms with van der Waals surface area (Å²) in [4.78, 5) is 25.0. The number of rotatable bonds is 6. The van der Waals surface area contributed by atoms with E-state index < -0.39 is 5.54 Å². The Morgan fingerprint density at radius 2 is 2.06 bits per heavy atom. The molecule has 98 valence electrons. The van der Waals surface area contributed by atoms with E-state index in [1.165, 1.54) is 4.90 Å². The van der Waals surface area contributed by atoms with Gasteiger partial charge >= 0.3 is 0 Å². The summed E-state index contributed by atoms with van der Waals surface area (Å²) in [5.41, 5.74) is 5.20. The smallest absolute Gasteiger partial charge is 0.242 e. The maximum Gasteiger partial charge on any atom is 0.242 e. The Labute approximate surface area is 103 Å². The lowest BCUT2D eigenvalue weighted by Crippen LogP contribution is -2.55. The van der Waals surface area contributed by atoms with Gasteiger partial charge in [0.25, 0.3) is 0 Å². The Balaban J connectivity index is 2.43. The van der Waals surface area contributed by atoms with Crippen molar-refractivity contribution in [3.63, 3.8) is 0 Å². The van der Waals surface area contributed by atoms with Crippen LogP contribution in [0.4, 0.5) is 0 Å². The van der Waals surface area contributed by atoms with Crippen molar-refractivity contribution in [1.82, 2.24) is 10.2 Å². The molecular weight excluding hydrogens is 218 g/mol. The second kappa shape index (κ2) is 5.49. The van der Waals surface area contributed by atoms with Gasteiger partial charge in [0, 0.05) is 13.6 Å². The second-order valence-electron chi connectivity index (χ2n) is 5.07. The molecule has 3 N–H and O–H groups in total. The van der Waals surface area contributed by atoms with E-state index in [1.54, 1.807) is 14.0 Å². The SMILES string of the molecule is CCCNC(=O)CN(C)C(=O)C(C)(N)C1CC1. The number of amides is 2. The zero-order valence-electron chi connectivity index (χ0n) is 11.0. The van der Waals surface area contributed by atoms with Crippen molar-refractivity contribution < 1.29 is 9.59 Å². The van der Waals surface area contributed by atoms with Crippen LogP contribution >= 0.6 is 0 Å². The normalized spacial score (nSPS) is 18.4. The fourth-order valence-electron chi connectivity index (χ4n) is 1.88. The fourth-order valence-corrected chi connectivity index (χ4v) is 1.88. The van der Waals surface area contributed by atoms with Crippen LogP contribution in [0.2, 0.25) is 0 Å². The summed E-state index contributed by atoms with van der Waals surface area (Å²) in [5, 5.41) is 2.74. The van der Waals surface area contributed by atoms with Crippen LogP contribution in [-0.2, 0) is 9.59 Å². The van der Waals surface area contributed by atoms with Gasteiger partial charge in [0.15, 0.2) is 0 Å². The molecule has 0 radical (unpaired) electrons. The van der Waals surface area contributed by atoms with E-state index >= 15 is 0 Å². The van der Waals surface area contributed by atoms with Crippen LogP contribution in [0.1, 0.15) is 33.1 Å². The maximum absolute atomic E-state index is 12.1. The van der Waals surface area contributed by atoms with Crippen molar-refractivity contribution in [2.75, 3.05) is 20.1 Å². The van der Waals surface area contributed by atoms with E-state index in [4.69, 9.17) is 5.73 Å². The van der Waals surface area contributed by atoms with Crippen molar-refractivity contribution in [2.45, 2.75) is 38.6 Å². The molecule has 1 rings (SSSR count). The summed E-state index contributed by atoms with van der Waals surface area (Å²) < 4.78 is 0. The number of nitrogens with two attached hydrogens (primary N) is 1. The van der Waals surface area contributed by atoms with Gasteiger partial charge in [0.05, 0.1) is 12.1 Å². The quantitative estimate of drug-likeness (QED) is 0.692. The van der Waals surface area contributed by atoms with Gasteiger partial charge in [0.1, 0.15) is 0 Å². The van der Waals surface area contributed by atoms with Gasteiger partial charge in [-0.3, -0.25) is 9.59 Å². The molecule has 0 saturated heterocycles. The number of nitrogens with zero attached hydrogens (tertiary/aromatic N) is 1. The second-order valence-corrected chi connectivity index (χ2v) is 5.07. The molecule has 1 unspecified atom stereocenters. The van der Waals surface area contributed by atoms with Crippen molar-refractivity contribution in [3.8, 4) is 0 Å². The van der Waals surface area contributed by atoms with Gasteiger partial charge in [-0.25, -0.2) is 0 Å². The molecule has 17 heavy (non-hydrogen) atoms. The first-order chi connectivity index (χ1) is 7.89. The number of hydrogen-bond donors (Lipinski definition) is 2. The highest BCUT2D eigenvalue weighted by Crippen LogP contribution is 2.38. The van der Waals surface area contributed by atoms with E-state index in [9.17, 15) is 9.59 Å². The van der Waals surface area contributed by atoms with Crippen LogP contribution < -0.4 is 11.1 Å². The minimum atomic E-state index is -0.820. The predicted octanol–water partition coefficient (Wildman–Crippen LogP) is 0.0984. The highest BCUT2D eigenvalue weighted by molar-refractivity contribution is 5.90. The first-order valence-electron chi connectivity index (χ1n) is 6.20. The van der Waals surface area contributed by atoms with E-state index in [1.807, 2.05) is 6.92 Å². The molecular formula is C12H23N3O2. The Hall–Kier alpha value is -1.10. The van der Waals surface area contributed by atoms with Crippen molar-refractivity contribution in [3.05, 3.63) is 0 Å². The lowest BCUT2D eigenvalue weighted by Gasteiger charge is -2.28. The summed E-state index contributed by atoms with van der Waals surface area (Å²) in [5.74, 6) is -0.00269. The van der Waals surface area contributed by atoms with Crippen molar-refractivity contribution in [2.24, 2.45) is 11.7 Å². The molecule has 1 fully saturated rings. The van der Waals surface area contributed by atoms with Crippen molar-refractivity contribution in [1.29, 1.82) is 0 Å². The van der Waals surface area contributed by atoms with Crippen LogP contribution in [0.3, 0.4) is 0 Å². The largest absolute Gasteiger partial charge is 0.355 e. The van der Waals surface area contributed by atoms with Crippen LogP contribution in [0, 0.1) is 5.92 Å². The number of hydrogen-bond acceptors (Lipinski definition) is 3. The minimum Gasteiger partial charge on any atom is -0.355 e. The van der Waals surface area contributed by atoms with Gasteiger partial charge in [-0.15, -0.1) is 0 Å². The molecule has 0 bridgehead atoms. The zero-order valence-corrected chi connectivity index (χ0v) is 11.0. The molecule has 1 aliphatic rings. The first-order valence-corrected chi connectivity index (χ1v) is 6.20. The highest BCUT2D eigenvalue weighted by Gasteiger charge is 2.45. The van der Waals surface area contributed by atoms with E-state index in [0.29, 0.717) is 6.54 Å². The summed E-state index contributed by atoms with van der Waals surface area (Å²) in [7, 11) is 1.63. The zero-order chi connectivity index (χ0) is 13.1. The first kappa shape index (κ1) is 14.0. The van der Waals surface area contributed by atoms with E-state index in [2.05, 4.69) is 5.32 Å². The molecule has 5 nitrogen and oxygen atoms in total. The number of nitrogens with one attached hydrogen (secondary N) is 1. The molecule has 0 aromatic rings. The standard InChI is InChI=1S/C12H23N3O2/c1-4-7-14-10(16)8-15(3)11(17)12(2,13)9-5-6-9/h9H,4-8,13H2,1-3H3,(H,14,16). The molecule has 0 aliphatic heterocycles. The summed E-state index contributed by atoms with van der Waals surface area (Å²) >= 11 is 0. The minimum absolute atomic E-state index is 0.0817. The monoisotopic (exact) mass is 241 g/mol. The van der Waals surface area contributed by atoms with Gasteiger partial charge in [0.2, 0.25) is 11.8 Å². The highest BCUT2D eigenvalue weighted by atomic mass is 16.2. The van der Waals surface area contributed by atoms with Gasteiger partial charge in [-0.1, -0.05) is 6.92 Å². The molecule has 0 heterocycles. The van der Waals surface area contributed by atoms with Crippen LogP contribution in [-0.4, -0.2) is 42.4 Å². The third kappa shape index (κ3) is 3.70. The van der Waals surface area contributed by atoms with Crippen LogP contribution in [0.15, 0.2) is 0 Å². The third-order valence-corrected chi connectivity index (χ3v) is 3.19. The molecule has 0 spiro atoms. The summed E-state index contributed by atoms with van der Waals surface area (Å²) in [6, 6.07) is 0. The van der Waals surface area contributed by atoms with E-state index in [0.717, 1.165) is 19.3 Å². The maximum atomic E-state index is 12.1. The molecule has 0 aromatic heterocycles. The van der Waals surface area contributed by atoms with Crippen molar-refractivity contribution >= 4 is 11.8 Å². The molecule has 1 atom stereocenters. The van der Waals surface area contributed by atoms with Gasteiger partial charge < -0.3 is 16.0 Å². The number of carbonyl (C=O) groups excluding carboxylic acids is 2. The average molecular weight is 241 g/mol. The predicted molar refractivity (Wildman–Crippen MR) is 66.3 cm³/mol. The molecule has 1 aliphatic carbocycles. The lowest BCUT2D eigenvalue weighted by atomic mass is 9.95. The number of likely N-dealkylation sites (N-methyl/N-ethyl adjacent to an activating group) is 1. The summed E-state index contributed by atoms with van der Waals surface area (Å²) in [6.45, 7) is 4.47. The summed E-state index contributed by atoms with van der Waals surface area (Å²) in [6.07, 6.45) is 2.91. The van der Waals surface area contributed by atoms with E-state index in [-0.39, 0.29) is 24.3 Å².